The van der Waals surface area contributed by atoms with Crippen LogP contribution in [0.4, 0.5) is 11.4 Å². The zero-order valence-electron chi connectivity index (χ0n) is 16.6. The molecule has 3 aromatic rings. The quantitative estimate of drug-likeness (QED) is 0.256. The Kier molecular flexibility index (Phi) is 7.40. The number of carbonyl (C=O) groups excluding carboxylic acids is 1. The highest BCUT2D eigenvalue weighted by molar-refractivity contribution is 9.10. The van der Waals surface area contributed by atoms with Gasteiger partial charge in [-0.3, -0.25) is 14.9 Å². The summed E-state index contributed by atoms with van der Waals surface area (Å²) in [6.07, 6.45) is 3.01. The Balaban J connectivity index is 1.64. The number of nitrogens with one attached hydrogen (secondary N) is 1. The van der Waals surface area contributed by atoms with Gasteiger partial charge in [0.15, 0.2) is 11.5 Å². The fourth-order valence-electron chi connectivity index (χ4n) is 2.71. The third kappa shape index (κ3) is 6.16. The van der Waals surface area contributed by atoms with Gasteiger partial charge in [-0.15, -0.1) is 0 Å². The summed E-state index contributed by atoms with van der Waals surface area (Å²) in [5, 5.41) is 13.5. The van der Waals surface area contributed by atoms with Crippen molar-refractivity contribution in [2.45, 2.75) is 6.61 Å². The summed E-state index contributed by atoms with van der Waals surface area (Å²) in [6, 6.07) is 19.3. The van der Waals surface area contributed by atoms with Crippen LogP contribution in [-0.4, -0.2) is 17.9 Å². The van der Waals surface area contributed by atoms with Gasteiger partial charge in [0.25, 0.3) is 5.69 Å². The molecule has 7 nitrogen and oxygen atoms in total. The van der Waals surface area contributed by atoms with Crippen molar-refractivity contribution in [3.8, 4) is 11.5 Å². The van der Waals surface area contributed by atoms with E-state index in [0.717, 1.165) is 11.1 Å². The number of nitro groups is 1. The minimum absolute atomic E-state index is 0.0675. The highest BCUT2D eigenvalue weighted by atomic mass is 79.9. The molecule has 0 unspecified atom stereocenters. The summed E-state index contributed by atoms with van der Waals surface area (Å²) in [7, 11) is 1.55. The standard InChI is InChI=1S/C23H19BrN2O5/c1-30-22-13-16(7-11-21(22)31-15-17-5-3-2-4-6-17)8-12-23(27)25-20-10-9-18(26(28)29)14-19(20)24/h2-14H,15H2,1H3,(H,25,27). The maximum absolute atomic E-state index is 12.2. The van der Waals surface area contributed by atoms with Crippen LogP contribution in [0.25, 0.3) is 6.08 Å². The zero-order chi connectivity index (χ0) is 22.2. The van der Waals surface area contributed by atoms with Gasteiger partial charge in [0.05, 0.1) is 17.7 Å². The van der Waals surface area contributed by atoms with Crippen molar-refractivity contribution in [2.24, 2.45) is 0 Å². The summed E-state index contributed by atoms with van der Waals surface area (Å²) in [4.78, 5) is 22.5. The molecule has 0 aliphatic heterocycles. The van der Waals surface area contributed by atoms with Crippen LogP contribution in [-0.2, 0) is 11.4 Å². The molecule has 3 rings (SSSR count). The fourth-order valence-corrected chi connectivity index (χ4v) is 3.17. The molecule has 3 aromatic carbocycles. The van der Waals surface area contributed by atoms with E-state index in [9.17, 15) is 14.9 Å². The average molecular weight is 483 g/mol. The van der Waals surface area contributed by atoms with Gasteiger partial charge in [-0.1, -0.05) is 36.4 Å². The molecule has 0 aromatic heterocycles. The molecule has 0 radical (unpaired) electrons. The minimum atomic E-state index is -0.503. The molecule has 0 aliphatic carbocycles. The van der Waals surface area contributed by atoms with E-state index >= 15 is 0 Å². The lowest BCUT2D eigenvalue weighted by Gasteiger charge is -2.11. The van der Waals surface area contributed by atoms with Gasteiger partial charge < -0.3 is 14.8 Å². The van der Waals surface area contributed by atoms with Crippen LogP contribution in [0.2, 0.25) is 0 Å². The van der Waals surface area contributed by atoms with Crippen molar-refractivity contribution in [1.29, 1.82) is 0 Å². The van der Waals surface area contributed by atoms with E-state index in [1.807, 2.05) is 36.4 Å². The third-order valence-electron chi connectivity index (χ3n) is 4.27. The van der Waals surface area contributed by atoms with Crippen LogP contribution in [0.5, 0.6) is 11.5 Å². The second-order valence-corrected chi connectivity index (χ2v) is 7.28. The smallest absolute Gasteiger partial charge is 0.270 e. The van der Waals surface area contributed by atoms with Crippen LogP contribution >= 0.6 is 15.9 Å². The summed E-state index contributed by atoms with van der Waals surface area (Å²) in [5.74, 6) is 0.775. The van der Waals surface area contributed by atoms with Crippen LogP contribution in [0.3, 0.4) is 0 Å². The molecular formula is C23H19BrN2O5. The Morgan fingerprint density at radius 2 is 1.87 bits per heavy atom. The van der Waals surface area contributed by atoms with Gasteiger partial charge in [-0.05, 0) is 51.3 Å². The lowest BCUT2D eigenvalue weighted by atomic mass is 10.2. The number of ether oxygens (including phenoxy) is 2. The van der Waals surface area contributed by atoms with Crippen LogP contribution in [0.15, 0.2) is 77.3 Å². The molecule has 31 heavy (non-hydrogen) atoms. The number of non-ortho nitro benzene ring substituents is 1. The van der Waals surface area contributed by atoms with Crippen molar-refractivity contribution in [2.75, 3.05) is 12.4 Å². The predicted molar refractivity (Wildman–Crippen MR) is 122 cm³/mol. The number of carbonyl (C=O) groups is 1. The number of anilines is 1. The van der Waals surface area contributed by atoms with E-state index in [2.05, 4.69) is 21.2 Å². The van der Waals surface area contributed by atoms with Gasteiger partial charge in [0, 0.05) is 22.7 Å². The Morgan fingerprint density at radius 1 is 1.10 bits per heavy atom. The van der Waals surface area contributed by atoms with Crippen molar-refractivity contribution < 1.29 is 19.2 Å². The lowest BCUT2D eigenvalue weighted by Crippen LogP contribution is -2.08. The molecule has 0 bridgehead atoms. The first-order valence-electron chi connectivity index (χ1n) is 9.24. The number of halogens is 1. The predicted octanol–water partition coefficient (Wildman–Crippen LogP) is 5.60. The number of methoxy groups -OCH3 is 1. The first-order chi connectivity index (χ1) is 15.0. The van der Waals surface area contributed by atoms with Gasteiger partial charge >= 0.3 is 0 Å². The SMILES string of the molecule is COc1cc(C=CC(=O)Nc2ccc([N+](=O)[O-])cc2Br)ccc1OCc1ccccc1. The van der Waals surface area contributed by atoms with Crippen LogP contribution < -0.4 is 14.8 Å². The van der Waals surface area contributed by atoms with E-state index < -0.39 is 4.92 Å². The van der Waals surface area contributed by atoms with Crippen molar-refractivity contribution in [3.63, 3.8) is 0 Å². The van der Waals surface area contributed by atoms with Gasteiger partial charge in [0.1, 0.15) is 6.61 Å². The highest BCUT2D eigenvalue weighted by Crippen LogP contribution is 2.30. The number of nitro benzene ring substituents is 1. The molecule has 0 aliphatic rings. The molecule has 8 heteroatoms. The summed E-state index contributed by atoms with van der Waals surface area (Å²) in [6.45, 7) is 0.416. The number of hydrogen-bond acceptors (Lipinski definition) is 5. The zero-order valence-corrected chi connectivity index (χ0v) is 18.2. The molecule has 0 saturated carbocycles. The minimum Gasteiger partial charge on any atom is -0.493 e. The molecule has 0 atom stereocenters. The van der Waals surface area contributed by atoms with Crippen LogP contribution in [0.1, 0.15) is 11.1 Å². The van der Waals surface area contributed by atoms with Gasteiger partial charge in [-0.2, -0.15) is 0 Å². The Morgan fingerprint density at radius 3 is 2.55 bits per heavy atom. The molecular weight excluding hydrogens is 464 g/mol. The van der Waals surface area contributed by atoms with Gasteiger partial charge in [-0.25, -0.2) is 0 Å². The van der Waals surface area contributed by atoms with E-state index in [4.69, 9.17) is 9.47 Å². The summed E-state index contributed by atoms with van der Waals surface area (Å²) in [5.41, 5.74) is 2.16. The number of rotatable bonds is 8. The van der Waals surface area contributed by atoms with Gasteiger partial charge in [0.2, 0.25) is 5.91 Å². The number of benzene rings is 3. The summed E-state index contributed by atoms with van der Waals surface area (Å²) >= 11 is 3.22. The number of hydrogen-bond donors (Lipinski definition) is 1. The Hall–Kier alpha value is -3.65. The maximum Gasteiger partial charge on any atom is 0.270 e. The first-order valence-corrected chi connectivity index (χ1v) is 10.0. The molecule has 158 valence electrons. The first kappa shape index (κ1) is 22.0. The van der Waals surface area contributed by atoms with E-state index in [0.29, 0.717) is 28.3 Å². The molecule has 0 heterocycles. The molecule has 0 fully saturated rings. The van der Waals surface area contributed by atoms with Crippen molar-refractivity contribution in [1.82, 2.24) is 0 Å². The average Bonchev–Trinajstić information content (AvgIpc) is 2.78. The third-order valence-corrected chi connectivity index (χ3v) is 4.93. The second kappa shape index (κ2) is 10.4. The van der Waals surface area contributed by atoms with E-state index in [1.165, 1.54) is 24.3 Å². The Bertz CT molecular complexity index is 1120. The second-order valence-electron chi connectivity index (χ2n) is 6.43. The highest BCUT2D eigenvalue weighted by Gasteiger charge is 2.10. The monoisotopic (exact) mass is 482 g/mol. The summed E-state index contributed by atoms with van der Waals surface area (Å²) < 4.78 is 11.7. The van der Waals surface area contributed by atoms with E-state index in [-0.39, 0.29) is 11.6 Å². The number of nitrogens with zero attached hydrogens (tertiary/aromatic N) is 1. The largest absolute Gasteiger partial charge is 0.493 e. The molecule has 1 amide bonds. The van der Waals surface area contributed by atoms with Crippen molar-refractivity contribution >= 4 is 39.3 Å². The lowest BCUT2D eigenvalue weighted by molar-refractivity contribution is -0.384. The number of amides is 1. The van der Waals surface area contributed by atoms with E-state index in [1.54, 1.807) is 25.3 Å². The molecule has 0 spiro atoms. The van der Waals surface area contributed by atoms with Crippen molar-refractivity contribution in [3.05, 3.63) is 98.5 Å². The molecule has 1 N–H and O–H groups in total. The normalized spacial score (nSPS) is 10.6. The molecule has 0 saturated heterocycles. The maximum atomic E-state index is 12.2. The Labute approximate surface area is 187 Å². The van der Waals surface area contributed by atoms with Crippen LogP contribution in [0, 0.1) is 10.1 Å². The fraction of sp³-hybridized carbons (Fsp3) is 0.0870. The topological polar surface area (TPSA) is 90.7 Å².